The molecule has 0 fully saturated rings. The van der Waals surface area contributed by atoms with Crippen LogP contribution in [0.15, 0.2) is 47.2 Å². The van der Waals surface area contributed by atoms with Gasteiger partial charge in [-0.2, -0.15) is 5.10 Å². The highest BCUT2D eigenvalue weighted by Crippen LogP contribution is 2.26. The maximum Gasteiger partial charge on any atom is 0.206 e. The molecule has 0 unspecified atom stereocenters. The number of rotatable bonds is 6. The van der Waals surface area contributed by atoms with Crippen molar-refractivity contribution in [3.63, 3.8) is 0 Å². The molecular formula is C17H16BrN7S. The Morgan fingerprint density at radius 1 is 1.19 bits per heavy atom. The number of hydrogen-bond donors (Lipinski definition) is 3. The molecule has 4 aromatic rings. The molecule has 1 atom stereocenters. The smallest absolute Gasteiger partial charge is 0.206 e. The van der Waals surface area contributed by atoms with E-state index in [2.05, 4.69) is 58.8 Å². The van der Waals surface area contributed by atoms with E-state index in [9.17, 15) is 0 Å². The molecule has 132 valence electrons. The molecule has 0 aliphatic carbocycles. The Hall–Kier alpha value is -2.36. The Balaban J connectivity index is 1.37. The van der Waals surface area contributed by atoms with Gasteiger partial charge in [0.25, 0.3) is 0 Å². The van der Waals surface area contributed by atoms with E-state index in [1.54, 1.807) is 12.4 Å². The molecule has 0 aliphatic heterocycles. The first kappa shape index (κ1) is 17.1. The van der Waals surface area contributed by atoms with Crippen molar-refractivity contribution in [3.8, 4) is 10.7 Å². The average Bonchev–Trinajstić information content (AvgIpc) is 3.30. The minimum atomic E-state index is -0.0102. The van der Waals surface area contributed by atoms with E-state index in [0.717, 1.165) is 37.6 Å². The van der Waals surface area contributed by atoms with E-state index in [0.29, 0.717) is 6.54 Å². The quantitative estimate of drug-likeness (QED) is 0.434. The topological polar surface area (TPSA) is 105 Å². The summed E-state index contributed by atoms with van der Waals surface area (Å²) in [6.07, 6.45) is 4.31. The van der Waals surface area contributed by atoms with E-state index in [-0.39, 0.29) is 6.04 Å². The van der Waals surface area contributed by atoms with Crippen LogP contribution in [0.3, 0.4) is 0 Å². The maximum absolute atomic E-state index is 6.22. The molecule has 1 aromatic carbocycles. The van der Waals surface area contributed by atoms with Gasteiger partial charge in [0.2, 0.25) is 5.13 Å². The van der Waals surface area contributed by atoms with Crippen LogP contribution in [0.5, 0.6) is 0 Å². The fourth-order valence-electron chi connectivity index (χ4n) is 2.57. The summed E-state index contributed by atoms with van der Waals surface area (Å²) in [7, 11) is 0. The van der Waals surface area contributed by atoms with Crippen LogP contribution < -0.4 is 11.1 Å². The highest BCUT2D eigenvalue weighted by Gasteiger charge is 2.11. The van der Waals surface area contributed by atoms with Gasteiger partial charge >= 0.3 is 0 Å². The van der Waals surface area contributed by atoms with Gasteiger partial charge in [-0.3, -0.25) is 10.1 Å². The van der Waals surface area contributed by atoms with Gasteiger partial charge in [0.15, 0.2) is 5.01 Å². The van der Waals surface area contributed by atoms with Crippen LogP contribution in [0.1, 0.15) is 5.56 Å². The fraction of sp³-hybridized carbons (Fsp3) is 0.176. The number of nitrogens with zero attached hydrogens (tertiary/aromatic N) is 4. The molecule has 0 aliphatic rings. The summed E-state index contributed by atoms with van der Waals surface area (Å²) in [5.41, 5.74) is 9.11. The molecule has 4 N–H and O–H groups in total. The third kappa shape index (κ3) is 3.90. The van der Waals surface area contributed by atoms with Crippen molar-refractivity contribution in [1.82, 2.24) is 25.4 Å². The van der Waals surface area contributed by atoms with Gasteiger partial charge in [0.1, 0.15) is 5.69 Å². The van der Waals surface area contributed by atoms with Crippen molar-refractivity contribution in [2.45, 2.75) is 12.5 Å². The number of H-pyrrole nitrogens is 1. The standard InChI is InChI=1S/C17H16BrN7S/c18-12-3-1-10(2-4-12)5-13(19)8-21-17-25-24-16(26-17)14-6-11-7-22-23-15(11)9-20-14/h1-4,6-7,9,13H,5,8,19H2,(H,21,25)(H,22,23)/t13-/m1/s1. The molecule has 4 rings (SSSR count). The Labute approximate surface area is 162 Å². The largest absolute Gasteiger partial charge is 0.359 e. The van der Waals surface area contributed by atoms with Gasteiger partial charge in [-0.1, -0.05) is 39.4 Å². The fourth-order valence-corrected chi connectivity index (χ4v) is 3.55. The highest BCUT2D eigenvalue weighted by atomic mass is 79.9. The number of aromatic amines is 1. The molecule has 3 heterocycles. The first-order valence-electron chi connectivity index (χ1n) is 8.04. The third-order valence-corrected chi connectivity index (χ3v) is 5.33. The van der Waals surface area contributed by atoms with Crippen LogP contribution >= 0.6 is 27.3 Å². The molecule has 0 saturated carbocycles. The van der Waals surface area contributed by atoms with Crippen LogP contribution in [-0.2, 0) is 6.42 Å². The Morgan fingerprint density at radius 3 is 2.88 bits per heavy atom. The third-order valence-electron chi connectivity index (χ3n) is 3.90. The van der Waals surface area contributed by atoms with Gasteiger partial charge in [0, 0.05) is 22.4 Å². The summed E-state index contributed by atoms with van der Waals surface area (Å²) in [6, 6.07) is 10.1. The van der Waals surface area contributed by atoms with E-state index in [1.807, 2.05) is 18.2 Å². The zero-order chi connectivity index (χ0) is 17.9. The number of nitrogens with one attached hydrogen (secondary N) is 2. The first-order valence-corrected chi connectivity index (χ1v) is 9.65. The van der Waals surface area contributed by atoms with Crippen molar-refractivity contribution < 1.29 is 0 Å². The average molecular weight is 430 g/mol. The molecule has 0 saturated heterocycles. The summed E-state index contributed by atoms with van der Waals surface area (Å²) in [5.74, 6) is 0. The normalized spacial score (nSPS) is 12.4. The van der Waals surface area contributed by atoms with Crippen molar-refractivity contribution in [3.05, 3.63) is 52.8 Å². The first-order chi connectivity index (χ1) is 12.7. The van der Waals surface area contributed by atoms with E-state index < -0.39 is 0 Å². The lowest BCUT2D eigenvalue weighted by Gasteiger charge is -2.12. The van der Waals surface area contributed by atoms with Gasteiger partial charge in [-0.05, 0) is 30.2 Å². The number of pyridine rings is 1. The predicted molar refractivity (Wildman–Crippen MR) is 107 cm³/mol. The van der Waals surface area contributed by atoms with Gasteiger partial charge in [-0.25, -0.2) is 0 Å². The van der Waals surface area contributed by atoms with Crippen LogP contribution in [0.25, 0.3) is 21.6 Å². The summed E-state index contributed by atoms with van der Waals surface area (Å²) in [4.78, 5) is 4.40. The SMILES string of the molecule is N[C@@H](CNc1nnc(-c2cc3cn[nH]c3cn2)s1)Cc1ccc(Br)cc1. The van der Waals surface area contributed by atoms with Gasteiger partial charge in [-0.15, -0.1) is 10.2 Å². The number of nitrogens with two attached hydrogens (primary N) is 1. The molecule has 0 bridgehead atoms. The lowest BCUT2D eigenvalue weighted by Crippen LogP contribution is -2.31. The second kappa shape index (κ2) is 7.48. The Bertz CT molecular complexity index is 1010. The van der Waals surface area contributed by atoms with E-state index >= 15 is 0 Å². The molecule has 26 heavy (non-hydrogen) atoms. The van der Waals surface area contributed by atoms with Crippen molar-refractivity contribution in [2.24, 2.45) is 5.73 Å². The monoisotopic (exact) mass is 429 g/mol. The van der Waals surface area contributed by atoms with Crippen molar-refractivity contribution in [2.75, 3.05) is 11.9 Å². The van der Waals surface area contributed by atoms with Crippen LogP contribution in [0, 0.1) is 0 Å². The minimum Gasteiger partial charge on any atom is -0.359 e. The number of hydrogen-bond acceptors (Lipinski definition) is 7. The van der Waals surface area contributed by atoms with Gasteiger partial charge < -0.3 is 11.1 Å². The van der Waals surface area contributed by atoms with Crippen LogP contribution in [-0.4, -0.2) is 38.0 Å². The molecule has 9 heteroatoms. The van der Waals surface area contributed by atoms with Gasteiger partial charge in [0.05, 0.1) is 17.9 Å². The molecule has 0 radical (unpaired) electrons. The lowest BCUT2D eigenvalue weighted by atomic mass is 10.1. The van der Waals surface area contributed by atoms with E-state index in [4.69, 9.17) is 5.73 Å². The maximum atomic E-state index is 6.22. The van der Waals surface area contributed by atoms with Crippen molar-refractivity contribution >= 4 is 43.3 Å². The zero-order valence-electron chi connectivity index (χ0n) is 13.7. The second-order valence-electron chi connectivity index (χ2n) is 5.91. The zero-order valence-corrected chi connectivity index (χ0v) is 16.1. The minimum absolute atomic E-state index is 0.0102. The molecule has 0 spiro atoms. The highest BCUT2D eigenvalue weighted by molar-refractivity contribution is 9.10. The molecule has 3 aromatic heterocycles. The number of benzene rings is 1. The summed E-state index contributed by atoms with van der Waals surface area (Å²) < 4.78 is 1.07. The van der Waals surface area contributed by atoms with Crippen molar-refractivity contribution in [1.29, 1.82) is 0 Å². The number of aromatic nitrogens is 5. The molecular weight excluding hydrogens is 414 g/mol. The molecule has 0 amide bonds. The molecule has 7 nitrogen and oxygen atoms in total. The van der Waals surface area contributed by atoms with E-state index in [1.165, 1.54) is 16.9 Å². The number of halogens is 1. The summed E-state index contributed by atoms with van der Waals surface area (Å²) in [6.45, 7) is 0.624. The number of fused-ring (bicyclic) bond motifs is 1. The summed E-state index contributed by atoms with van der Waals surface area (Å²) in [5, 5.41) is 21.0. The Kier molecular flexibility index (Phi) is 4.91. The second-order valence-corrected chi connectivity index (χ2v) is 7.80. The summed E-state index contributed by atoms with van der Waals surface area (Å²) >= 11 is 4.90. The Morgan fingerprint density at radius 2 is 2.04 bits per heavy atom. The van der Waals surface area contributed by atoms with Crippen LogP contribution in [0.4, 0.5) is 5.13 Å². The lowest BCUT2D eigenvalue weighted by molar-refractivity contribution is 0.698. The predicted octanol–water partition coefficient (Wildman–Crippen LogP) is 3.22. The number of anilines is 1. The van der Waals surface area contributed by atoms with Crippen LogP contribution in [0.2, 0.25) is 0 Å².